The molecule has 0 heterocycles. The highest BCUT2D eigenvalue weighted by molar-refractivity contribution is 7.98. The van der Waals surface area contributed by atoms with E-state index in [1.54, 1.807) is 0 Å². The Morgan fingerprint density at radius 3 is 2.29 bits per heavy atom. The van der Waals surface area contributed by atoms with Crippen molar-refractivity contribution in [2.24, 2.45) is 5.73 Å². The van der Waals surface area contributed by atoms with E-state index in [0.29, 0.717) is 0 Å². The number of nitrogens with two attached hydrogens (primary N) is 1. The third-order valence-corrected chi connectivity index (χ3v) is 3.07. The normalized spacial score (nSPS) is 10.8. The molecule has 0 radical (unpaired) electrons. The van der Waals surface area contributed by atoms with Gasteiger partial charge in [0.2, 0.25) is 0 Å². The number of thioether (sulfide) groups is 1. The summed E-state index contributed by atoms with van der Waals surface area (Å²) in [7, 11) is 0. The molecule has 1 rings (SSSR count). The van der Waals surface area contributed by atoms with E-state index in [1.807, 2.05) is 17.8 Å². The second kappa shape index (κ2) is 6.33. The molecule has 0 fully saturated rings. The van der Waals surface area contributed by atoms with E-state index in [4.69, 9.17) is 5.73 Å². The Bertz CT molecular complexity index is 243. The second-order valence-electron chi connectivity index (χ2n) is 3.97. The summed E-state index contributed by atoms with van der Waals surface area (Å²) in [6.07, 6.45) is 0. The molecule has 3 heteroatoms. The molecule has 0 aliphatic carbocycles. The molecule has 0 saturated heterocycles. The number of hydrogen-bond donors (Lipinski definition) is 1. The van der Waals surface area contributed by atoms with Gasteiger partial charge in [0.15, 0.2) is 0 Å². The number of hydrogen-bond acceptors (Lipinski definition) is 2. The average Bonchev–Trinajstić information content (AvgIpc) is 2.04. The lowest BCUT2D eigenvalue weighted by molar-refractivity contribution is 0.591. The second-order valence-corrected chi connectivity index (χ2v) is 4.95. The summed E-state index contributed by atoms with van der Waals surface area (Å²) in [5.74, 6) is 2.06. The molecule has 0 aliphatic heterocycles. The van der Waals surface area contributed by atoms with Gasteiger partial charge in [0, 0.05) is 17.0 Å². The molecular weight excluding hydrogens is 214 g/mol. The summed E-state index contributed by atoms with van der Waals surface area (Å²) in [5.41, 5.74) is 7.19. The number of benzene rings is 1. The van der Waals surface area contributed by atoms with Crippen LogP contribution in [-0.4, -0.2) is 11.3 Å². The van der Waals surface area contributed by atoms with Gasteiger partial charge in [-0.3, -0.25) is 0 Å². The molecular formula is C11H18ClNS. The van der Waals surface area contributed by atoms with Crippen LogP contribution >= 0.6 is 24.2 Å². The fourth-order valence-corrected chi connectivity index (χ4v) is 2.06. The molecule has 1 nitrogen and oxygen atoms in total. The summed E-state index contributed by atoms with van der Waals surface area (Å²) in [4.78, 5) is 0. The maximum atomic E-state index is 5.88. The molecule has 0 aliphatic rings. The molecule has 80 valence electrons. The SMILES string of the molecule is CC(C)(N)CSCc1ccccc1.Cl. The monoisotopic (exact) mass is 231 g/mol. The molecule has 2 N–H and O–H groups in total. The molecule has 0 aromatic heterocycles. The minimum absolute atomic E-state index is 0. The van der Waals surface area contributed by atoms with Gasteiger partial charge in [-0.2, -0.15) is 11.8 Å². The van der Waals surface area contributed by atoms with Crippen LogP contribution in [0.15, 0.2) is 30.3 Å². The van der Waals surface area contributed by atoms with E-state index in [-0.39, 0.29) is 17.9 Å². The standard InChI is InChI=1S/C11H17NS.ClH/c1-11(2,12)9-13-8-10-6-4-3-5-7-10;/h3-7H,8-9,12H2,1-2H3;1H. The van der Waals surface area contributed by atoms with Gasteiger partial charge in [-0.05, 0) is 19.4 Å². The smallest absolute Gasteiger partial charge is 0.0188 e. The summed E-state index contributed by atoms with van der Waals surface area (Å²) in [6, 6.07) is 10.5. The molecule has 0 unspecified atom stereocenters. The molecule has 1 aromatic rings. The predicted octanol–water partition coefficient (Wildman–Crippen LogP) is 3.08. The van der Waals surface area contributed by atoms with Crippen LogP contribution in [0, 0.1) is 0 Å². The van der Waals surface area contributed by atoms with Gasteiger partial charge in [0.05, 0.1) is 0 Å². The fraction of sp³-hybridized carbons (Fsp3) is 0.455. The highest BCUT2D eigenvalue weighted by Crippen LogP contribution is 2.15. The van der Waals surface area contributed by atoms with Crippen molar-refractivity contribution < 1.29 is 0 Å². The molecule has 14 heavy (non-hydrogen) atoms. The van der Waals surface area contributed by atoms with Crippen LogP contribution in [0.25, 0.3) is 0 Å². The third-order valence-electron chi connectivity index (χ3n) is 1.59. The predicted molar refractivity (Wildman–Crippen MR) is 68.1 cm³/mol. The Kier molecular flexibility index (Phi) is 6.25. The summed E-state index contributed by atoms with van der Waals surface area (Å²) in [5, 5.41) is 0. The van der Waals surface area contributed by atoms with Crippen molar-refractivity contribution in [1.82, 2.24) is 0 Å². The highest BCUT2D eigenvalue weighted by Gasteiger charge is 2.09. The molecule has 0 atom stereocenters. The minimum atomic E-state index is -0.0561. The van der Waals surface area contributed by atoms with Crippen molar-refractivity contribution in [2.45, 2.75) is 25.1 Å². The minimum Gasteiger partial charge on any atom is -0.325 e. The highest BCUT2D eigenvalue weighted by atomic mass is 35.5. The molecule has 0 bridgehead atoms. The lowest BCUT2D eigenvalue weighted by Gasteiger charge is -2.17. The molecule has 1 aromatic carbocycles. The van der Waals surface area contributed by atoms with E-state index in [9.17, 15) is 0 Å². The van der Waals surface area contributed by atoms with Crippen LogP contribution in [-0.2, 0) is 5.75 Å². The molecule has 0 saturated carbocycles. The molecule has 0 amide bonds. The van der Waals surface area contributed by atoms with Crippen molar-refractivity contribution in [1.29, 1.82) is 0 Å². The summed E-state index contributed by atoms with van der Waals surface area (Å²) < 4.78 is 0. The first-order chi connectivity index (χ1) is 6.08. The zero-order valence-corrected chi connectivity index (χ0v) is 10.3. The maximum absolute atomic E-state index is 5.88. The molecule has 0 spiro atoms. The van der Waals surface area contributed by atoms with Crippen LogP contribution in [0.2, 0.25) is 0 Å². The van der Waals surface area contributed by atoms with Crippen LogP contribution in [0.4, 0.5) is 0 Å². The van der Waals surface area contributed by atoms with Crippen molar-refractivity contribution in [3.05, 3.63) is 35.9 Å². The van der Waals surface area contributed by atoms with Crippen molar-refractivity contribution in [3.63, 3.8) is 0 Å². The van der Waals surface area contributed by atoms with Crippen LogP contribution in [0.3, 0.4) is 0 Å². The van der Waals surface area contributed by atoms with Crippen molar-refractivity contribution in [3.8, 4) is 0 Å². The van der Waals surface area contributed by atoms with Crippen molar-refractivity contribution >= 4 is 24.2 Å². The first-order valence-electron chi connectivity index (χ1n) is 4.48. The van der Waals surface area contributed by atoms with Gasteiger partial charge >= 0.3 is 0 Å². The topological polar surface area (TPSA) is 26.0 Å². The van der Waals surface area contributed by atoms with E-state index in [1.165, 1.54) is 5.56 Å². The Labute approximate surface area is 96.9 Å². The number of rotatable bonds is 4. The quantitative estimate of drug-likeness (QED) is 0.862. The van der Waals surface area contributed by atoms with E-state index in [2.05, 4.69) is 38.1 Å². The Balaban J connectivity index is 0.00000169. The van der Waals surface area contributed by atoms with Gasteiger partial charge in [-0.1, -0.05) is 30.3 Å². The van der Waals surface area contributed by atoms with Crippen molar-refractivity contribution in [2.75, 3.05) is 5.75 Å². The first-order valence-corrected chi connectivity index (χ1v) is 5.64. The first kappa shape index (κ1) is 13.8. The van der Waals surface area contributed by atoms with Gasteiger partial charge in [0.25, 0.3) is 0 Å². The summed E-state index contributed by atoms with van der Waals surface area (Å²) >= 11 is 1.89. The van der Waals surface area contributed by atoms with Gasteiger partial charge < -0.3 is 5.73 Å². The van der Waals surface area contributed by atoms with Gasteiger partial charge in [0.1, 0.15) is 0 Å². The Morgan fingerprint density at radius 2 is 1.79 bits per heavy atom. The fourth-order valence-electron chi connectivity index (χ4n) is 1.01. The Morgan fingerprint density at radius 1 is 1.21 bits per heavy atom. The van der Waals surface area contributed by atoms with E-state index >= 15 is 0 Å². The van der Waals surface area contributed by atoms with E-state index < -0.39 is 0 Å². The largest absolute Gasteiger partial charge is 0.325 e. The van der Waals surface area contributed by atoms with E-state index in [0.717, 1.165) is 11.5 Å². The van der Waals surface area contributed by atoms with Gasteiger partial charge in [-0.25, -0.2) is 0 Å². The average molecular weight is 232 g/mol. The van der Waals surface area contributed by atoms with Gasteiger partial charge in [-0.15, -0.1) is 12.4 Å². The zero-order chi connectivity index (χ0) is 9.73. The third kappa shape index (κ3) is 6.30. The zero-order valence-electron chi connectivity index (χ0n) is 8.69. The Hall–Kier alpha value is -0.180. The maximum Gasteiger partial charge on any atom is 0.0188 e. The number of halogens is 1. The lowest BCUT2D eigenvalue weighted by Crippen LogP contribution is -2.34. The van der Waals surface area contributed by atoms with Crippen LogP contribution in [0.1, 0.15) is 19.4 Å². The lowest BCUT2D eigenvalue weighted by atomic mass is 10.1. The van der Waals surface area contributed by atoms with Crippen LogP contribution in [0.5, 0.6) is 0 Å². The summed E-state index contributed by atoms with van der Waals surface area (Å²) in [6.45, 7) is 4.12. The van der Waals surface area contributed by atoms with Crippen LogP contribution < -0.4 is 5.73 Å².